The minimum atomic E-state index is -0.770. The van der Waals surface area contributed by atoms with E-state index in [1.54, 1.807) is 11.8 Å². The summed E-state index contributed by atoms with van der Waals surface area (Å²) in [5, 5.41) is 2.62. The van der Waals surface area contributed by atoms with Gasteiger partial charge in [-0.2, -0.15) is 11.8 Å². The normalized spacial score (nSPS) is 13.6. The first-order chi connectivity index (χ1) is 14.2. The molecular formula is C23H25NO4S. The summed E-state index contributed by atoms with van der Waals surface area (Å²) >= 11 is 1.68. The van der Waals surface area contributed by atoms with Gasteiger partial charge < -0.3 is 14.8 Å². The zero-order chi connectivity index (χ0) is 20.6. The van der Waals surface area contributed by atoms with Gasteiger partial charge in [-0.05, 0) is 34.9 Å². The molecule has 2 aromatic rings. The van der Waals surface area contributed by atoms with Gasteiger partial charge >= 0.3 is 12.1 Å². The van der Waals surface area contributed by atoms with Crippen molar-refractivity contribution in [1.29, 1.82) is 0 Å². The van der Waals surface area contributed by atoms with Gasteiger partial charge in [-0.15, -0.1) is 0 Å². The molecule has 1 amide bonds. The lowest BCUT2D eigenvalue weighted by atomic mass is 9.98. The van der Waals surface area contributed by atoms with Crippen LogP contribution < -0.4 is 5.32 Å². The first-order valence-corrected chi connectivity index (χ1v) is 10.9. The van der Waals surface area contributed by atoms with Gasteiger partial charge in [0.1, 0.15) is 12.6 Å². The Labute approximate surface area is 175 Å². The van der Waals surface area contributed by atoms with Gasteiger partial charge in [0.25, 0.3) is 0 Å². The minimum absolute atomic E-state index is 0.0220. The van der Waals surface area contributed by atoms with Crippen molar-refractivity contribution in [2.24, 2.45) is 0 Å². The van der Waals surface area contributed by atoms with Crippen LogP contribution in [0.3, 0.4) is 0 Å². The summed E-state index contributed by atoms with van der Waals surface area (Å²) in [7, 11) is 1.31. The lowest BCUT2D eigenvalue weighted by Gasteiger charge is -2.17. The van der Waals surface area contributed by atoms with Crippen molar-refractivity contribution in [3.05, 3.63) is 71.8 Å². The molecule has 0 aromatic heterocycles. The maximum Gasteiger partial charge on any atom is 0.407 e. The topological polar surface area (TPSA) is 64.6 Å². The Kier molecular flexibility index (Phi) is 7.36. The predicted octanol–water partition coefficient (Wildman–Crippen LogP) is 4.38. The van der Waals surface area contributed by atoms with Crippen molar-refractivity contribution in [2.45, 2.75) is 18.4 Å². The summed E-state index contributed by atoms with van der Waals surface area (Å²) in [6, 6.07) is 15.5. The van der Waals surface area contributed by atoms with Crippen LogP contribution in [0.5, 0.6) is 0 Å². The van der Waals surface area contributed by atoms with Crippen LogP contribution in [0.2, 0.25) is 0 Å². The molecule has 1 aliphatic rings. The van der Waals surface area contributed by atoms with Crippen molar-refractivity contribution in [2.75, 3.05) is 25.7 Å². The van der Waals surface area contributed by atoms with Crippen molar-refractivity contribution in [3.8, 4) is 11.1 Å². The number of nitrogens with one attached hydrogen (secondary N) is 1. The number of hydrogen-bond donors (Lipinski definition) is 1. The SMILES string of the molecule is COC(=O)[C@H](C/C=C/CSC)NC(=O)OCC1c2ccccc2-c2ccccc21. The molecule has 0 radical (unpaired) electrons. The fourth-order valence-corrected chi connectivity index (χ4v) is 3.86. The highest BCUT2D eigenvalue weighted by atomic mass is 32.2. The van der Waals surface area contributed by atoms with Gasteiger partial charge in [-0.3, -0.25) is 0 Å². The van der Waals surface area contributed by atoms with E-state index in [2.05, 4.69) is 29.6 Å². The third kappa shape index (κ3) is 5.01. The lowest BCUT2D eigenvalue weighted by molar-refractivity contribution is -0.142. The molecule has 6 heteroatoms. The van der Waals surface area contributed by atoms with Gasteiger partial charge in [-0.25, -0.2) is 9.59 Å². The Hall–Kier alpha value is -2.73. The van der Waals surface area contributed by atoms with E-state index in [0.717, 1.165) is 16.9 Å². The maximum absolute atomic E-state index is 12.4. The summed E-state index contributed by atoms with van der Waals surface area (Å²) < 4.78 is 10.3. The predicted molar refractivity (Wildman–Crippen MR) is 116 cm³/mol. The Morgan fingerprint density at radius 2 is 1.69 bits per heavy atom. The van der Waals surface area contributed by atoms with Crippen molar-refractivity contribution >= 4 is 23.8 Å². The summed E-state index contributed by atoms with van der Waals surface area (Å²) in [5.74, 6) is 0.331. The Morgan fingerprint density at radius 3 is 2.28 bits per heavy atom. The number of carbonyl (C=O) groups excluding carboxylic acids is 2. The molecule has 0 heterocycles. The molecule has 0 saturated carbocycles. The summed E-state index contributed by atoms with van der Waals surface area (Å²) in [6.45, 7) is 0.204. The first-order valence-electron chi connectivity index (χ1n) is 9.49. The van der Waals surface area contributed by atoms with Gasteiger partial charge in [0, 0.05) is 11.7 Å². The number of hydrogen-bond acceptors (Lipinski definition) is 5. The van der Waals surface area contributed by atoms with Gasteiger partial charge in [0.05, 0.1) is 7.11 Å². The molecule has 0 aliphatic heterocycles. The van der Waals surface area contributed by atoms with Crippen molar-refractivity contribution in [3.63, 3.8) is 0 Å². The number of carbonyl (C=O) groups is 2. The zero-order valence-corrected chi connectivity index (χ0v) is 17.4. The van der Waals surface area contributed by atoms with E-state index in [-0.39, 0.29) is 12.5 Å². The van der Waals surface area contributed by atoms with Crippen LogP contribution in [0.1, 0.15) is 23.5 Å². The van der Waals surface area contributed by atoms with Crippen LogP contribution in [-0.2, 0) is 14.3 Å². The summed E-state index contributed by atoms with van der Waals surface area (Å²) in [6.07, 6.45) is 5.55. The average molecular weight is 412 g/mol. The molecular weight excluding hydrogens is 386 g/mol. The number of methoxy groups -OCH3 is 1. The minimum Gasteiger partial charge on any atom is -0.467 e. The Balaban J connectivity index is 1.64. The molecule has 152 valence electrons. The first kappa shape index (κ1) is 21.0. The van der Waals surface area contributed by atoms with Crippen LogP contribution in [0.15, 0.2) is 60.7 Å². The second-order valence-corrected chi connectivity index (χ2v) is 7.62. The molecule has 1 atom stereocenters. The summed E-state index contributed by atoms with van der Waals surface area (Å²) in [4.78, 5) is 24.3. The molecule has 3 rings (SSSR count). The van der Waals surface area contributed by atoms with Gasteiger partial charge in [-0.1, -0.05) is 60.7 Å². The quantitative estimate of drug-likeness (QED) is 0.516. The van der Waals surface area contributed by atoms with Gasteiger partial charge in [0.2, 0.25) is 0 Å². The number of alkyl carbamates (subject to hydrolysis) is 1. The van der Waals surface area contributed by atoms with Crippen LogP contribution in [0.4, 0.5) is 4.79 Å². The lowest BCUT2D eigenvalue weighted by Crippen LogP contribution is -2.41. The number of thioether (sulfide) groups is 1. The van der Waals surface area contributed by atoms with E-state index in [0.29, 0.717) is 6.42 Å². The Bertz CT molecular complexity index is 850. The second kappa shape index (κ2) is 10.2. The van der Waals surface area contributed by atoms with E-state index in [4.69, 9.17) is 9.47 Å². The van der Waals surface area contributed by atoms with E-state index in [9.17, 15) is 9.59 Å². The van der Waals surface area contributed by atoms with E-state index < -0.39 is 18.1 Å². The highest BCUT2D eigenvalue weighted by Crippen LogP contribution is 2.44. The highest BCUT2D eigenvalue weighted by molar-refractivity contribution is 7.98. The average Bonchev–Trinajstić information content (AvgIpc) is 3.07. The molecule has 29 heavy (non-hydrogen) atoms. The molecule has 0 unspecified atom stereocenters. The van der Waals surface area contributed by atoms with Crippen LogP contribution >= 0.6 is 11.8 Å². The number of fused-ring (bicyclic) bond motifs is 3. The smallest absolute Gasteiger partial charge is 0.407 e. The second-order valence-electron chi connectivity index (χ2n) is 6.71. The molecule has 2 aromatic carbocycles. The van der Waals surface area contributed by atoms with Crippen LogP contribution in [0, 0.1) is 0 Å². The Morgan fingerprint density at radius 1 is 1.07 bits per heavy atom. The van der Waals surface area contributed by atoms with E-state index in [1.165, 1.54) is 18.2 Å². The number of amides is 1. The van der Waals surface area contributed by atoms with Crippen molar-refractivity contribution < 1.29 is 19.1 Å². The van der Waals surface area contributed by atoms with E-state index >= 15 is 0 Å². The van der Waals surface area contributed by atoms with Gasteiger partial charge in [0.15, 0.2) is 0 Å². The number of benzene rings is 2. The van der Waals surface area contributed by atoms with Crippen molar-refractivity contribution in [1.82, 2.24) is 5.32 Å². The van der Waals surface area contributed by atoms with Crippen LogP contribution in [-0.4, -0.2) is 43.8 Å². The molecule has 0 saturated heterocycles. The highest BCUT2D eigenvalue weighted by Gasteiger charge is 2.29. The maximum atomic E-state index is 12.4. The number of ether oxygens (including phenoxy) is 2. The zero-order valence-electron chi connectivity index (χ0n) is 16.6. The largest absolute Gasteiger partial charge is 0.467 e. The fourth-order valence-electron chi connectivity index (χ4n) is 3.54. The standard InChI is InChI=1S/C23H25NO4S/c1-27-22(25)21(13-7-8-14-29-2)24-23(26)28-15-20-18-11-5-3-9-16(18)17-10-4-6-12-19(17)20/h3-12,20-21H,13-15H2,1-2H3,(H,24,26)/b8-7+/t21-/m0/s1. The third-order valence-corrected chi connectivity index (χ3v) is 5.45. The molecule has 1 N–H and O–H groups in total. The molecule has 0 fully saturated rings. The molecule has 0 spiro atoms. The van der Waals surface area contributed by atoms with Crippen LogP contribution in [0.25, 0.3) is 11.1 Å². The monoisotopic (exact) mass is 411 g/mol. The summed E-state index contributed by atoms with van der Waals surface area (Å²) in [5.41, 5.74) is 4.63. The molecule has 5 nitrogen and oxygen atoms in total. The molecule has 1 aliphatic carbocycles. The number of rotatable bonds is 8. The number of esters is 1. The fraction of sp³-hybridized carbons (Fsp3) is 0.304. The third-order valence-electron chi connectivity index (χ3n) is 4.92. The van der Waals surface area contributed by atoms with E-state index in [1.807, 2.05) is 42.7 Å². The molecule has 0 bridgehead atoms.